The molecule has 0 aliphatic carbocycles. The van der Waals surface area contributed by atoms with Gasteiger partial charge in [-0.15, -0.1) is 0 Å². The zero-order valence-corrected chi connectivity index (χ0v) is 14.7. The van der Waals surface area contributed by atoms with Gasteiger partial charge in [0, 0.05) is 13.8 Å². The van der Waals surface area contributed by atoms with Gasteiger partial charge in [0.1, 0.15) is 0 Å². The molecular weight excluding hydrogens is 272 g/mol. The molecule has 0 amide bonds. The minimum atomic E-state index is -1.19. The van der Waals surface area contributed by atoms with Gasteiger partial charge in [-0.3, -0.25) is 0 Å². The van der Waals surface area contributed by atoms with Crippen molar-refractivity contribution < 1.29 is 24.0 Å². The van der Waals surface area contributed by atoms with Crippen molar-refractivity contribution in [2.45, 2.75) is 85.5 Å². The molecule has 0 saturated heterocycles. The molecule has 0 fully saturated rings. The zero-order chi connectivity index (χ0) is 16.5. The lowest BCUT2D eigenvalue weighted by Gasteiger charge is -2.27. The summed E-state index contributed by atoms with van der Waals surface area (Å²) in [6, 6.07) is 0. The van der Waals surface area contributed by atoms with E-state index in [4.69, 9.17) is 19.2 Å². The average molecular weight is 304 g/mol. The van der Waals surface area contributed by atoms with Crippen LogP contribution >= 0.6 is 0 Å². The van der Waals surface area contributed by atoms with Gasteiger partial charge in [0.05, 0.1) is 12.2 Å². The summed E-state index contributed by atoms with van der Waals surface area (Å²) in [5.74, 6) is -0.803. The van der Waals surface area contributed by atoms with Crippen LogP contribution in [0.15, 0.2) is 0 Å². The molecule has 0 aromatic rings. The van der Waals surface area contributed by atoms with E-state index in [2.05, 4.69) is 13.8 Å². The average Bonchev–Trinajstić information content (AvgIpc) is 2.35. The fourth-order valence-electron chi connectivity index (χ4n) is 1.56. The van der Waals surface area contributed by atoms with Crippen molar-refractivity contribution in [3.05, 3.63) is 0 Å². The maximum atomic E-state index is 11.7. The van der Waals surface area contributed by atoms with Crippen molar-refractivity contribution in [3.8, 4) is 0 Å². The summed E-state index contributed by atoms with van der Waals surface area (Å²) in [5.41, 5.74) is -0.474. The largest absolute Gasteiger partial charge is 0.510 e. The van der Waals surface area contributed by atoms with Crippen molar-refractivity contribution in [2.75, 3.05) is 6.61 Å². The lowest BCUT2D eigenvalue weighted by Crippen LogP contribution is -2.35. The first-order chi connectivity index (χ1) is 9.59. The topological polar surface area (TPSA) is 54.0 Å². The van der Waals surface area contributed by atoms with E-state index in [0.29, 0.717) is 12.5 Å². The van der Waals surface area contributed by atoms with Crippen LogP contribution in [0.2, 0.25) is 0 Å². The summed E-state index contributed by atoms with van der Waals surface area (Å²) in [5, 5.41) is 0. The summed E-state index contributed by atoms with van der Waals surface area (Å²) in [6.45, 7) is 13.4. The molecule has 0 aliphatic heterocycles. The molecule has 21 heavy (non-hydrogen) atoms. The van der Waals surface area contributed by atoms with Gasteiger partial charge in [0.25, 0.3) is 0 Å². The molecule has 0 heterocycles. The minimum absolute atomic E-state index is 0.380. The highest BCUT2D eigenvalue weighted by atomic mass is 17.2. The Kier molecular flexibility index (Phi) is 8.90. The zero-order valence-electron chi connectivity index (χ0n) is 14.7. The summed E-state index contributed by atoms with van der Waals surface area (Å²) in [6.07, 6.45) is 3.61. The Labute approximate surface area is 129 Å². The van der Waals surface area contributed by atoms with Crippen LogP contribution in [0.3, 0.4) is 0 Å². The van der Waals surface area contributed by atoms with E-state index in [1.807, 2.05) is 20.8 Å². The third-order valence-electron chi connectivity index (χ3n) is 2.80. The maximum absolute atomic E-state index is 11.7. The van der Waals surface area contributed by atoms with E-state index < -0.39 is 17.5 Å². The van der Waals surface area contributed by atoms with Crippen LogP contribution in [-0.4, -0.2) is 24.2 Å². The van der Waals surface area contributed by atoms with Gasteiger partial charge in [-0.05, 0) is 33.1 Å². The number of hydrogen-bond acceptors (Lipinski definition) is 5. The first-order valence-electron chi connectivity index (χ1n) is 7.82. The van der Waals surface area contributed by atoms with Gasteiger partial charge in [-0.2, -0.15) is 4.89 Å². The smallest absolute Gasteiger partial charge is 0.434 e. The Morgan fingerprint density at radius 2 is 1.67 bits per heavy atom. The van der Waals surface area contributed by atoms with E-state index in [0.717, 1.165) is 25.7 Å². The van der Waals surface area contributed by atoms with Gasteiger partial charge in [-0.25, -0.2) is 9.68 Å². The fourth-order valence-corrected chi connectivity index (χ4v) is 1.56. The predicted octanol–water partition coefficient (Wildman–Crippen LogP) is 4.84. The number of unbranched alkanes of at least 4 members (excludes halogenated alkanes) is 1. The highest BCUT2D eigenvalue weighted by Crippen LogP contribution is 2.19. The number of carbonyl (C=O) groups excluding carboxylic acids is 1. The van der Waals surface area contributed by atoms with Crippen LogP contribution in [0.4, 0.5) is 4.79 Å². The highest BCUT2D eigenvalue weighted by molar-refractivity contribution is 5.60. The van der Waals surface area contributed by atoms with E-state index in [1.165, 1.54) is 0 Å². The van der Waals surface area contributed by atoms with Crippen LogP contribution < -0.4 is 0 Å². The Bertz CT molecular complexity index is 294. The van der Waals surface area contributed by atoms with Crippen LogP contribution in [-0.2, 0) is 19.2 Å². The standard InChI is InChI=1S/C16H32O5/c1-8-10-11-13(9-2)12-18-14(17)19-16(6,7)21-20-15(3,4)5/h13H,8-12H2,1-7H3. The summed E-state index contributed by atoms with van der Waals surface area (Å²) in [7, 11) is 0. The van der Waals surface area contributed by atoms with E-state index in [-0.39, 0.29) is 0 Å². The molecule has 0 spiro atoms. The normalized spacial score (nSPS) is 13.9. The van der Waals surface area contributed by atoms with E-state index >= 15 is 0 Å². The van der Waals surface area contributed by atoms with Gasteiger partial charge >= 0.3 is 6.16 Å². The van der Waals surface area contributed by atoms with Gasteiger partial charge in [0.15, 0.2) is 0 Å². The Morgan fingerprint density at radius 1 is 1.05 bits per heavy atom. The van der Waals surface area contributed by atoms with Gasteiger partial charge in [-0.1, -0.05) is 33.1 Å². The number of hydrogen-bond donors (Lipinski definition) is 0. The van der Waals surface area contributed by atoms with Crippen LogP contribution in [0.25, 0.3) is 0 Å². The molecule has 0 N–H and O–H groups in total. The summed E-state index contributed by atoms with van der Waals surface area (Å²) in [4.78, 5) is 22.0. The lowest BCUT2D eigenvalue weighted by molar-refractivity contribution is -0.441. The molecule has 1 atom stereocenters. The molecule has 0 rings (SSSR count). The van der Waals surface area contributed by atoms with Crippen LogP contribution in [0.5, 0.6) is 0 Å². The Balaban J connectivity index is 4.11. The first-order valence-corrected chi connectivity index (χ1v) is 7.82. The molecule has 0 saturated carbocycles. The molecule has 0 aromatic heterocycles. The Morgan fingerprint density at radius 3 is 2.14 bits per heavy atom. The van der Waals surface area contributed by atoms with Crippen LogP contribution in [0, 0.1) is 5.92 Å². The second-order valence-corrected chi connectivity index (χ2v) is 6.76. The summed E-state index contributed by atoms with van der Waals surface area (Å²) >= 11 is 0. The maximum Gasteiger partial charge on any atom is 0.510 e. The molecular formula is C16H32O5. The third kappa shape index (κ3) is 11.5. The molecule has 0 aromatic carbocycles. The van der Waals surface area contributed by atoms with E-state index in [1.54, 1.807) is 13.8 Å². The molecule has 126 valence electrons. The minimum Gasteiger partial charge on any atom is -0.434 e. The molecule has 0 aliphatic rings. The van der Waals surface area contributed by atoms with Crippen molar-refractivity contribution in [1.29, 1.82) is 0 Å². The lowest BCUT2D eigenvalue weighted by atomic mass is 10.0. The third-order valence-corrected chi connectivity index (χ3v) is 2.80. The first kappa shape index (κ1) is 20.2. The second kappa shape index (κ2) is 9.26. The number of ether oxygens (including phenoxy) is 2. The number of carbonyl (C=O) groups is 1. The Hall–Kier alpha value is -0.810. The predicted molar refractivity (Wildman–Crippen MR) is 81.7 cm³/mol. The number of rotatable bonds is 9. The SMILES string of the molecule is CCCCC(CC)COC(=O)OC(C)(C)OOC(C)(C)C. The monoisotopic (exact) mass is 304 g/mol. The fraction of sp³-hybridized carbons (Fsp3) is 0.938. The van der Waals surface area contributed by atoms with Gasteiger partial charge < -0.3 is 9.47 Å². The molecule has 0 bridgehead atoms. The van der Waals surface area contributed by atoms with Crippen LogP contribution in [0.1, 0.15) is 74.1 Å². The van der Waals surface area contributed by atoms with Crippen molar-refractivity contribution in [2.24, 2.45) is 5.92 Å². The molecule has 1 unspecified atom stereocenters. The highest BCUT2D eigenvalue weighted by Gasteiger charge is 2.29. The molecule has 5 heteroatoms. The molecule has 5 nitrogen and oxygen atoms in total. The second-order valence-electron chi connectivity index (χ2n) is 6.76. The van der Waals surface area contributed by atoms with Crippen molar-refractivity contribution >= 4 is 6.16 Å². The van der Waals surface area contributed by atoms with Crippen molar-refractivity contribution in [1.82, 2.24) is 0 Å². The van der Waals surface area contributed by atoms with E-state index in [9.17, 15) is 4.79 Å². The summed E-state index contributed by atoms with van der Waals surface area (Å²) < 4.78 is 10.3. The molecule has 0 radical (unpaired) electrons. The van der Waals surface area contributed by atoms with Gasteiger partial charge in [0.2, 0.25) is 5.79 Å². The quantitative estimate of drug-likeness (QED) is 0.264. The van der Waals surface area contributed by atoms with Crippen molar-refractivity contribution in [3.63, 3.8) is 0 Å².